The molecule has 1 aromatic heterocycles. The van der Waals surface area contributed by atoms with Gasteiger partial charge >= 0.3 is 5.97 Å². The third-order valence-electron chi connectivity index (χ3n) is 3.84. The summed E-state index contributed by atoms with van der Waals surface area (Å²) in [5.74, 6) is -2.52. The highest BCUT2D eigenvalue weighted by Gasteiger charge is 2.34. The summed E-state index contributed by atoms with van der Waals surface area (Å²) in [5.41, 5.74) is 0.475. The molecule has 1 atom stereocenters. The highest BCUT2D eigenvalue weighted by Crippen LogP contribution is 2.30. The van der Waals surface area contributed by atoms with Gasteiger partial charge in [-0.2, -0.15) is 0 Å². The Morgan fingerprint density at radius 3 is 2.33 bits per heavy atom. The molecule has 0 bridgehead atoms. The number of furan rings is 1. The molecule has 0 N–H and O–H groups in total. The molecule has 0 aliphatic heterocycles. The van der Waals surface area contributed by atoms with Crippen molar-refractivity contribution in [2.45, 2.75) is 26.6 Å². The monoisotopic (exact) mass is 368 g/mol. The minimum atomic E-state index is -0.898. The summed E-state index contributed by atoms with van der Waals surface area (Å²) in [6, 6.07) is 7.52. The van der Waals surface area contributed by atoms with E-state index in [1.165, 1.54) is 25.1 Å². The molecule has 0 radical (unpaired) electrons. The first-order valence-electron chi connectivity index (χ1n) is 8.15. The molecular weight excluding hydrogens is 352 g/mol. The van der Waals surface area contributed by atoms with Crippen molar-refractivity contribution in [1.82, 2.24) is 0 Å². The molecule has 7 heteroatoms. The number of ether oxygens (including phenoxy) is 2. The molecule has 0 saturated heterocycles. The van der Waals surface area contributed by atoms with Crippen LogP contribution in [0.5, 0.6) is 0 Å². The van der Waals surface area contributed by atoms with Crippen LogP contribution in [0.4, 0.5) is 0 Å². The lowest BCUT2D eigenvalue weighted by molar-refractivity contribution is -0.166. The zero-order valence-electron chi connectivity index (χ0n) is 14.7. The van der Waals surface area contributed by atoms with Crippen molar-refractivity contribution < 1.29 is 33.1 Å². The van der Waals surface area contributed by atoms with Crippen molar-refractivity contribution in [2.75, 3.05) is 0 Å². The number of hydrogen-bond acceptors (Lipinski definition) is 7. The molecule has 138 valence electrons. The summed E-state index contributed by atoms with van der Waals surface area (Å²) in [4.78, 5) is 49.1. The Bertz CT molecular complexity index is 927. The van der Waals surface area contributed by atoms with Crippen LogP contribution in [0.25, 0.3) is 0 Å². The lowest BCUT2D eigenvalue weighted by atomic mass is 9.88. The fraction of sp³-hybridized carbons (Fsp3) is 0.200. The van der Waals surface area contributed by atoms with Crippen molar-refractivity contribution in [3.05, 3.63) is 70.9 Å². The Labute approximate surface area is 154 Å². The number of benzene rings is 1. The number of Topliss-reactive ketones (excluding diaryl/α,β-unsaturated/α-hetero) is 1. The van der Waals surface area contributed by atoms with E-state index in [4.69, 9.17) is 13.9 Å². The van der Waals surface area contributed by atoms with Crippen LogP contribution in [0.3, 0.4) is 0 Å². The first kappa shape index (κ1) is 18.3. The zero-order chi connectivity index (χ0) is 19.7. The van der Waals surface area contributed by atoms with Crippen molar-refractivity contribution in [1.29, 1.82) is 0 Å². The normalized spacial score (nSPS) is 13.4. The van der Waals surface area contributed by atoms with Crippen molar-refractivity contribution >= 4 is 23.3 Å². The molecule has 1 unspecified atom stereocenters. The van der Waals surface area contributed by atoms with E-state index >= 15 is 0 Å². The molecule has 1 aromatic carbocycles. The predicted molar refractivity (Wildman–Crippen MR) is 92.4 cm³/mol. The highest BCUT2D eigenvalue weighted by atomic mass is 16.7. The van der Waals surface area contributed by atoms with Crippen LogP contribution in [0.1, 0.15) is 62.9 Å². The van der Waals surface area contributed by atoms with Crippen LogP contribution >= 0.6 is 0 Å². The van der Waals surface area contributed by atoms with Gasteiger partial charge in [-0.25, -0.2) is 0 Å². The summed E-state index contributed by atoms with van der Waals surface area (Å²) in [5, 5.41) is 0. The molecular formula is C20H16O7. The second kappa shape index (κ2) is 7.03. The first-order valence-corrected chi connectivity index (χ1v) is 8.15. The van der Waals surface area contributed by atoms with E-state index in [1.807, 2.05) is 0 Å². The Morgan fingerprint density at radius 1 is 1.07 bits per heavy atom. The van der Waals surface area contributed by atoms with Gasteiger partial charge in [-0.15, -0.1) is 0 Å². The maximum absolute atomic E-state index is 12.5. The smallest absolute Gasteiger partial charge is 0.316 e. The number of rotatable bonds is 6. The molecule has 0 amide bonds. The number of carbonyl (C=O) groups excluding carboxylic acids is 4. The second-order valence-corrected chi connectivity index (χ2v) is 6.03. The molecule has 27 heavy (non-hydrogen) atoms. The van der Waals surface area contributed by atoms with Gasteiger partial charge in [-0.05, 0) is 13.0 Å². The molecule has 0 spiro atoms. The second-order valence-electron chi connectivity index (χ2n) is 6.03. The van der Waals surface area contributed by atoms with Crippen molar-refractivity contribution in [2.24, 2.45) is 0 Å². The minimum absolute atomic E-state index is 0.00870. The van der Waals surface area contributed by atoms with Gasteiger partial charge in [0.05, 0.1) is 11.3 Å². The number of hydrogen-bond donors (Lipinski definition) is 0. The highest BCUT2D eigenvalue weighted by molar-refractivity contribution is 6.28. The number of ketones is 3. The van der Waals surface area contributed by atoms with Gasteiger partial charge in [-0.3, -0.25) is 19.2 Å². The Balaban J connectivity index is 1.77. The molecule has 1 aliphatic carbocycles. The molecule has 0 saturated carbocycles. The standard InChI is InChI=1S/C20H16O7/c1-10(2)25-11(3)26-17(22)9-15(21)16-8-14-18(23)12-6-4-5-7-13(12)19(24)20(14)27-16/h4-8,11H,1,9H2,2-3H3. The van der Waals surface area contributed by atoms with Gasteiger partial charge < -0.3 is 13.9 Å². The van der Waals surface area contributed by atoms with Crippen LogP contribution < -0.4 is 0 Å². The quantitative estimate of drug-likeness (QED) is 0.217. The molecule has 0 fully saturated rings. The van der Waals surface area contributed by atoms with Gasteiger partial charge in [-0.1, -0.05) is 30.8 Å². The molecule has 1 heterocycles. The Hall–Kier alpha value is -3.48. The SMILES string of the molecule is C=C(C)OC(C)OC(=O)CC(=O)c1cc2c(o1)C(=O)c1ccccc1C2=O. The lowest BCUT2D eigenvalue weighted by Crippen LogP contribution is -2.19. The van der Waals surface area contributed by atoms with Crippen molar-refractivity contribution in [3.8, 4) is 0 Å². The Kier molecular flexibility index (Phi) is 4.77. The third kappa shape index (κ3) is 3.57. The van der Waals surface area contributed by atoms with Crippen LogP contribution in [-0.2, 0) is 14.3 Å². The first-order chi connectivity index (χ1) is 12.8. The largest absolute Gasteiger partial charge is 0.460 e. The van der Waals surface area contributed by atoms with Gasteiger partial charge in [0, 0.05) is 18.1 Å². The van der Waals surface area contributed by atoms with Crippen LogP contribution in [0, 0.1) is 0 Å². The maximum Gasteiger partial charge on any atom is 0.316 e. The van der Waals surface area contributed by atoms with Crippen molar-refractivity contribution in [3.63, 3.8) is 0 Å². The van der Waals surface area contributed by atoms with Gasteiger partial charge in [0.2, 0.25) is 17.9 Å². The zero-order valence-corrected chi connectivity index (χ0v) is 14.7. The van der Waals surface area contributed by atoms with E-state index in [2.05, 4.69) is 6.58 Å². The number of esters is 1. The molecule has 7 nitrogen and oxygen atoms in total. The topological polar surface area (TPSA) is 99.9 Å². The number of fused-ring (bicyclic) bond motifs is 2. The van der Waals surface area contributed by atoms with Gasteiger partial charge in [0.25, 0.3) is 0 Å². The predicted octanol–water partition coefficient (Wildman–Crippen LogP) is 3.07. The Morgan fingerprint density at radius 2 is 1.70 bits per heavy atom. The van der Waals surface area contributed by atoms with Crippen LogP contribution in [0.15, 0.2) is 47.1 Å². The third-order valence-corrected chi connectivity index (χ3v) is 3.84. The average Bonchev–Trinajstić information content (AvgIpc) is 3.04. The summed E-state index contributed by atoms with van der Waals surface area (Å²) < 4.78 is 15.3. The lowest BCUT2D eigenvalue weighted by Gasteiger charge is -2.14. The molecule has 3 rings (SSSR count). The number of allylic oxidation sites excluding steroid dienone is 1. The van der Waals surface area contributed by atoms with E-state index < -0.39 is 36.0 Å². The minimum Gasteiger partial charge on any atom is -0.460 e. The van der Waals surface area contributed by atoms with Crippen LogP contribution in [0.2, 0.25) is 0 Å². The fourth-order valence-corrected chi connectivity index (χ4v) is 2.76. The summed E-state index contributed by atoms with van der Waals surface area (Å²) in [6.45, 7) is 6.60. The van der Waals surface area contributed by atoms with E-state index in [0.29, 0.717) is 5.76 Å². The summed E-state index contributed by atoms with van der Waals surface area (Å²) in [7, 11) is 0. The molecule has 2 aromatic rings. The molecule has 1 aliphatic rings. The van der Waals surface area contributed by atoms with E-state index in [-0.39, 0.29) is 28.2 Å². The van der Waals surface area contributed by atoms with E-state index in [0.717, 1.165) is 0 Å². The maximum atomic E-state index is 12.5. The number of carbonyl (C=O) groups is 4. The van der Waals surface area contributed by atoms with Gasteiger partial charge in [0.1, 0.15) is 6.42 Å². The van der Waals surface area contributed by atoms with E-state index in [9.17, 15) is 19.2 Å². The average molecular weight is 368 g/mol. The summed E-state index contributed by atoms with van der Waals surface area (Å²) in [6.07, 6.45) is -1.52. The van der Waals surface area contributed by atoms with Crippen LogP contribution in [-0.4, -0.2) is 29.6 Å². The fourth-order valence-electron chi connectivity index (χ4n) is 2.76. The van der Waals surface area contributed by atoms with Gasteiger partial charge in [0.15, 0.2) is 17.3 Å². The van der Waals surface area contributed by atoms with E-state index in [1.54, 1.807) is 19.1 Å². The summed E-state index contributed by atoms with van der Waals surface area (Å²) >= 11 is 0.